The van der Waals surface area contributed by atoms with Gasteiger partial charge in [-0.25, -0.2) is 10.1 Å². The Bertz CT molecular complexity index is 771. The summed E-state index contributed by atoms with van der Waals surface area (Å²) in [6.07, 6.45) is 14.2. The number of hydrogen-bond donors (Lipinski definition) is 3. The number of aliphatic hydroxyl groups is 2. The number of aliphatic hydroxyl groups excluding tert-OH is 1. The normalized spacial score (nSPS) is 45.4. The lowest BCUT2D eigenvalue weighted by Crippen LogP contribution is -2.64. The zero-order chi connectivity index (χ0) is 24.0. The number of fused-ring (bicyclic) bond motifs is 5. The predicted octanol–water partition coefficient (Wildman–Crippen LogP) is 5.61. The van der Waals surface area contributed by atoms with Crippen molar-refractivity contribution in [3.63, 3.8) is 0 Å². The van der Waals surface area contributed by atoms with Gasteiger partial charge in [0.15, 0.2) is 5.03 Å². The molecule has 0 heterocycles. The molecule has 0 spiro atoms. The van der Waals surface area contributed by atoms with E-state index in [-0.39, 0.29) is 17.8 Å². The number of hydrazine groups is 1. The molecule has 0 aromatic rings. The molecule has 3 saturated carbocycles. The van der Waals surface area contributed by atoms with Gasteiger partial charge < -0.3 is 10.2 Å². The smallest absolute Gasteiger partial charge is 0.162 e. The van der Waals surface area contributed by atoms with E-state index in [2.05, 4.69) is 33.1 Å². The van der Waals surface area contributed by atoms with Gasteiger partial charge in [0.2, 0.25) is 0 Å². The molecular weight excluding hydrogens is 416 g/mol. The second-order valence-electron chi connectivity index (χ2n) is 12.5. The minimum Gasteiger partial charge on any atom is -0.393 e. The maximum atomic E-state index is 11.9. The summed E-state index contributed by atoms with van der Waals surface area (Å²) >= 11 is 0. The molecule has 188 valence electrons. The molecule has 4 rings (SSSR count). The molecule has 3 fully saturated rings. The van der Waals surface area contributed by atoms with E-state index < -0.39 is 22.2 Å². The summed E-state index contributed by atoms with van der Waals surface area (Å²) in [5, 5.41) is 33.2. The number of unbranched alkanes of at least 4 members (excludes halogenated alkanes) is 3. The van der Waals surface area contributed by atoms with Crippen molar-refractivity contribution in [1.29, 1.82) is 0 Å². The Hall–Kier alpha value is -1.14. The second-order valence-corrected chi connectivity index (χ2v) is 12.5. The lowest BCUT2D eigenvalue weighted by molar-refractivity contribution is -0.539. The average molecular weight is 463 g/mol. The number of allylic oxidation sites excluding steroid dienone is 1. The molecule has 1 unspecified atom stereocenters. The minimum absolute atomic E-state index is 0.179. The molecule has 0 amide bonds. The largest absolute Gasteiger partial charge is 0.393 e. The number of rotatable bonds is 8. The highest BCUT2D eigenvalue weighted by Crippen LogP contribution is 2.68. The third-order valence-corrected chi connectivity index (χ3v) is 10.9. The Morgan fingerprint density at radius 1 is 1.15 bits per heavy atom. The van der Waals surface area contributed by atoms with Crippen molar-refractivity contribution in [3.8, 4) is 0 Å². The third-order valence-electron chi connectivity index (χ3n) is 10.9. The summed E-state index contributed by atoms with van der Waals surface area (Å²) in [6.45, 7) is 9.35. The molecule has 0 saturated heterocycles. The average Bonchev–Trinajstić information content (AvgIpc) is 3.10. The number of nitrogens with one attached hydrogen (secondary N) is 1. The van der Waals surface area contributed by atoms with Gasteiger partial charge in [-0.15, -0.1) is 5.43 Å². The highest BCUT2D eigenvalue weighted by molar-refractivity contribution is 5.30. The summed E-state index contributed by atoms with van der Waals surface area (Å²) in [7, 11) is 0. The topological polar surface area (TPSA) is 95.6 Å². The Labute approximate surface area is 199 Å². The third kappa shape index (κ3) is 4.03. The van der Waals surface area contributed by atoms with Crippen molar-refractivity contribution in [1.82, 2.24) is 5.43 Å². The van der Waals surface area contributed by atoms with Crippen LogP contribution in [0.15, 0.2) is 11.8 Å². The molecular formula is C27H46N2O4. The van der Waals surface area contributed by atoms with E-state index in [4.69, 9.17) is 0 Å². The Morgan fingerprint density at radius 3 is 2.61 bits per heavy atom. The molecule has 4 aliphatic carbocycles. The van der Waals surface area contributed by atoms with Crippen molar-refractivity contribution in [2.24, 2.45) is 40.4 Å². The summed E-state index contributed by atoms with van der Waals surface area (Å²) in [5.41, 5.74) is 1.17. The Morgan fingerprint density at radius 2 is 1.91 bits per heavy atom. The fourth-order valence-electron chi connectivity index (χ4n) is 9.06. The number of nitro groups is 1. The first-order valence-electron chi connectivity index (χ1n) is 13.6. The Balaban J connectivity index is 1.63. The predicted molar refractivity (Wildman–Crippen MR) is 130 cm³/mol. The van der Waals surface area contributed by atoms with Gasteiger partial charge in [-0.2, -0.15) is 0 Å². The van der Waals surface area contributed by atoms with Crippen LogP contribution in [0, 0.1) is 50.5 Å². The molecule has 33 heavy (non-hydrogen) atoms. The summed E-state index contributed by atoms with van der Waals surface area (Å²) in [5.74, 6) is 2.51. The van der Waals surface area contributed by atoms with Crippen molar-refractivity contribution < 1.29 is 15.2 Å². The maximum absolute atomic E-state index is 11.9. The van der Waals surface area contributed by atoms with Gasteiger partial charge in [0.25, 0.3) is 0 Å². The molecule has 0 aliphatic heterocycles. The zero-order valence-corrected chi connectivity index (χ0v) is 21.2. The molecule has 0 aromatic heterocycles. The summed E-state index contributed by atoms with van der Waals surface area (Å²) in [4.78, 5) is 11.5. The van der Waals surface area contributed by atoms with Crippen LogP contribution in [0.1, 0.15) is 105 Å². The van der Waals surface area contributed by atoms with Crippen LogP contribution in [-0.4, -0.2) is 27.0 Å². The minimum atomic E-state index is -1.36. The highest BCUT2D eigenvalue weighted by Gasteiger charge is 2.66. The Kier molecular flexibility index (Phi) is 6.92. The van der Waals surface area contributed by atoms with Gasteiger partial charge in [0.05, 0.1) is 6.10 Å². The first-order valence-corrected chi connectivity index (χ1v) is 13.6. The molecule has 6 heteroatoms. The van der Waals surface area contributed by atoms with Crippen LogP contribution in [0.5, 0.6) is 0 Å². The van der Waals surface area contributed by atoms with Gasteiger partial charge in [-0.05, 0) is 73.5 Å². The lowest BCUT2D eigenvalue weighted by Gasteiger charge is -2.62. The van der Waals surface area contributed by atoms with E-state index in [0.717, 1.165) is 12.3 Å². The standard InChI is InChI=1S/C27H46N2O4/c1-5-6-7-8-9-18(2)21-10-11-22-20-16-24(28-29(32)33)27(31)17-19(30)12-15-26(27,4)23(20)13-14-25(21,22)3/h16,18-23,28,30-31H,5-15,17H2,1-4H3/t18?,19-,20-,21+,22-,23-,25+,26+,27-/m0/s1. The monoisotopic (exact) mass is 462 g/mol. The molecule has 6 nitrogen and oxygen atoms in total. The number of nitrogens with zero attached hydrogens (tertiary/aromatic N) is 1. The van der Waals surface area contributed by atoms with Gasteiger partial charge in [-0.3, -0.25) is 0 Å². The van der Waals surface area contributed by atoms with Gasteiger partial charge in [0.1, 0.15) is 11.3 Å². The number of hydrogen-bond acceptors (Lipinski definition) is 4. The van der Waals surface area contributed by atoms with Crippen LogP contribution >= 0.6 is 0 Å². The van der Waals surface area contributed by atoms with Crippen molar-refractivity contribution in [2.75, 3.05) is 0 Å². The zero-order valence-electron chi connectivity index (χ0n) is 21.2. The van der Waals surface area contributed by atoms with Gasteiger partial charge in [0, 0.05) is 11.8 Å². The van der Waals surface area contributed by atoms with Gasteiger partial charge >= 0.3 is 0 Å². The molecule has 0 aromatic carbocycles. The molecule has 0 radical (unpaired) electrons. The van der Waals surface area contributed by atoms with Crippen molar-refractivity contribution in [2.45, 2.75) is 116 Å². The van der Waals surface area contributed by atoms with E-state index in [0.29, 0.717) is 36.3 Å². The molecule has 4 aliphatic rings. The molecule has 3 N–H and O–H groups in total. The molecule has 9 atom stereocenters. The maximum Gasteiger partial charge on any atom is 0.162 e. The first-order chi connectivity index (χ1) is 15.6. The van der Waals surface area contributed by atoms with Crippen LogP contribution in [0.3, 0.4) is 0 Å². The second kappa shape index (κ2) is 9.14. The van der Waals surface area contributed by atoms with E-state index in [1.54, 1.807) is 0 Å². The lowest BCUT2D eigenvalue weighted by atomic mass is 9.44. The fraction of sp³-hybridized carbons (Fsp3) is 0.926. The van der Waals surface area contributed by atoms with Crippen LogP contribution in [0.2, 0.25) is 0 Å². The van der Waals surface area contributed by atoms with Crippen LogP contribution in [0.25, 0.3) is 0 Å². The fourth-order valence-corrected chi connectivity index (χ4v) is 9.06. The van der Waals surface area contributed by atoms with E-state index >= 15 is 0 Å². The van der Waals surface area contributed by atoms with Crippen LogP contribution in [-0.2, 0) is 0 Å². The van der Waals surface area contributed by atoms with E-state index in [1.807, 2.05) is 6.08 Å². The highest BCUT2D eigenvalue weighted by atomic mass is 16.7. The van der Waals surface area contributed by atoms with E-state index in [9.17, 15) is 20.3 Å². The van der Waals surface area contributed by atoms with Crippen molar-refractivity contribution >= 4 is 0 Å². The van der Waals surface area contributed by atoms with Crippen molar-refractivity contribution in [3.05, 3.63) is 21.9 Å². The van der Waals surface area contributed by atoms with E-state index in [1.165, 1.54) is 51.4 Å². The summed E-state index contributed by atoms with van der Waals surface area (Å²) in [6, 6.07) is 0. The summed E-state index contributed by atoms with van der Waals surface area (Å²) < 4.78 is 0. The van der Waals surface area contributed by atoms with Crippen LogP contribution in [0.4, 0.5) is 0 Å². The first kappa shape index (κ1) is 25.0. The van der Waals surface area contributed by atoms with Crippen LogP contribution < -0.4 is 5.43 Å². The SMILES string of the molecule is CCCCCCC(C)[C@H]1CC[C@H]2[C@@H]3C=C(N[N+](=O)[O-])[C@@]4(O)C[C@@H](O)CC[C@]4(C)[C@H]3CC[C@]12C. The van der Waals surface area contributed by atoms with Gasteiger partial charge in [-0.1, -0.05) is 65.9 Å². The molecule has 0 bridgehead atoms. The quantitative estimate of drug-likeness (QED) is 0.247.